The van der Waals surface area contributed by atoms with Crippen LogP contribution in [0.25, 0.3) is 0 Å². The molecule has 19 heavy (non-hydrogen) atoms. The molecular weight excluding hydrogens is 274 g/mol. The summed E-state index contributed by atoms with van der Waals surface area (Å²) in [6, 6.07) is 3.82. The molecule has 1 aromatic carbocycles. The molecule has 0 saturated heterocycles. The van der Waals surface area contributed by atoms with Crippen molar-refractivity contribution in [1.82, 2.24) is 0 Å². The molecule has 1 rings (SSSR count). The van der Waals surface area contributed by atoms with Gasteiger partial charge in [-0.15, -0.1) is 11.8 Å². The lowest BCUT2D eigenvalue weighted by Gasteiger charge is -2.04. The quantitative estimate of drug-likeness (QED) is 0.351. The van der Waals surface area contributed by atoms with Crippen molar-refractivity contribution >= 4 is 29.4 Å². The molecule has 0 aliphatic rings. The largest absolute Gasteiger partial charge is 0.468 e. The summed E-state index contributed by atoms with van der Waals surface area (Å²) >= 11 is 0.926. The van der Waals surface area contributed by atoms with Gasteiger partial charge in [-0.05, 0) is 12.1 Å². The third-order valence-electron chi connectivity index (χ3n) is 2.15. The zero-order chi connectivity index (χ0) is 14.4. The van der Waals surface area contributed by atoms with E-state index in [9.17, 15) is 19.7 Å². The first kappa shape index (κ1) is 15.0. The molecule has 0 saturated carbocycles. The van der Waals surface area contributed by atoms with Crippen molar-refractivity contribution < 1.29 is 24.0 Å². The first-order valence-electron chi connectivity index (χ1n) is 5.06. The lowest BCUT2D eigenvalue weighted by atomic mass is 10.2. The van der Waals surface area contributed by atoms with Gasteiger partial charge in [0.1, 0.15) is 0 Å². The molecule has 8 heteroatoms. The Labute approximate surface area is 113 Å². The van der Waals surface area contributed by atoms with Gasteiger partial charge in [0.25, 0.3) is 5.69 Å². The molecule has 0 unspecified atom stereocenters. The Morgan fingerprint density at radius 2 is 2.00 bits per heavy atom. The zero-order valence-corrected chi connectivity index (χ0v) is 11.1. The van der Waals surface area contributed by atoms with Crippen LogP contribution in [-0.2, 0) is 14.3 Å². The summed E-state index contributed by atoms with van der Waals surface area (Å²) in [5.41, 5.74) is 0.00187. The van der Waals surface area contributed by atoms with E-state index >= 15 is 0 Å². The van der Waals surface area contributed by atoms with Crippen LogP contribution in [0.2, 0.25) is 0 Å². The molecule has 0 fully saturated rings. The zero-order valence-electron chi connectivity index (χ0n) is 10.2. The molecule has 0 heterocycles. The number of nitrogens with zero attached hydrogens (tertiary/aromatic N) is 1. The van der Waals surface area contributed by atoms with E-state index in [0.717, 1.165) is 11.8 Å². The fourth-order valence-corrected chi connectivity index (χ4v) is 2.11. The van der Waals surface area contributed by atoms with Crippen molar-refractivity contribution in [3.05, 3.63) is 33.9 Å². The smallest absolute Gasteiger partial charge is 0.337 e. The Balaban J connectivity index is 3.05. The Bertz CT molecular complexity index is 516. The molecule has 0 atom stereocenters. The van der Waals surface area contributed by atoms with Crippen molar-refractivity contribution in [3.63, 3.8) is 0 Å². The second-order valence-corrected chi connectivity index (χ2v) is 4.31. The van der Waals surface area contributed by atoms with Gasteiger partial charge in [0.15, 0.2) is 0 Å². The number of nitro benzene ring substituents is 1. The highest BCUT2D eigenvalue weighted by atomic mass is 32.2. The van der Waals surface area contributed by atoms with Crippen molar-refractivity contribution in [1.29, 1.82) is 0 Å². The molecule has 0 bridgehead atoms. The summed E-state index contributed by atoms with van der Waals surface area (Å²) in [6.07, 6.45) is 0. The van der Waals surface area contributed by atoms with Crippen molar-refractivity contribution in [2.75, 3.05) is 20.0 Å². The van der Waals surface area contributed by atoms with Crippen molar-refractivity contribution in [2.45, 2.75) is 4.90 Å². The monoisotopic (exact) mass is 285 g/mol. The van der Waals surface area contributed by atoms with Crippen LogP contribution in [0.3, 0.4) is 0 Å². The Kier molecular flexibility index (Phi) is 5.31. The van der Waals surface area contributed by atoms with E-state index in [-0.39, 0.29) is 21.9 Å². The van der Waals surface area contributed by atoms with Gasteiger partial charge in [0.2, 0.25) is 0 Å². The second-order valence-electron chi connectivity index (χ2n) is 3.30. The van der Waals surface area contributed by atoms with Crippen LogP contribution in [0.5, 0.6) is 0 Å². The van der Waals surface area contributed by atoms with E-state index in [1.807, 2.05) is 0 Å². The lowest BCUT2D eigenvalue weighted by molar-refractivity contribution is -0.387. The number of benzene rings is 1. The maximum absolute atomic E-state index is 11.3. The Hall–Kier alpha value is -2.09. The average Bonchev–Trinajstić information content (AvgIpc) is 2.43. The first-order valence-corrected chi connectivity index (χ1v) is 6.04. The molecule has 0 spiro atoms. The topological polar surface area (TPSA) is 95.7 Å². The van der Waals surface area contributed by atoms with E-state index in [0.29, 0.717) is 0 Å². The molecule has 0 amide bonds. The van der Waals surface area contributed by atoms with E-state index in [1.54, 1.807) is 0 Å². The van der Waals surface area contributed by atoms with Gasteiger partial charge in [-0.3, -0.25) is 14.9 Å². The molecule has 102 valence electrons. The van der Waals surface area contributed by atoms with Gasteiger partial charge in [0.05, 0.1) is 35.4 Å². The number of nitro groups is 1. The summed E-state index contributed by atoms with van der Waals surface area (Å²) in [7, 11) is 2.44. The van der Waals surface area contributed by atoms with E-state index in [1.165, 1.54) is 32.4 Å². The normalized spacial score (nSPS) is 9.79. The third-order valence-corrected chi connectivity index (χ3v) is 3.17. The van der Waals surface area contributed by atoms with Gasteiger partial charge in [-0.1, -0.05) is 0 Å². The van der Waals surface area contributed by atoms with Crippen LogP contribution < -0.4 is 0 Å². The maximum atomic E-state index is 11.3. The Morgan fingerprint density at radius 3 is 2.53 bits per heavy atom. The summed E-state index contributed by atoms with van der Waals surface area (Å²) in [4.78, 5) is 32.9. The first-order chi connectivity index (χ1) is 8.99. The highest BCUT2D eigenvalue weighted by Crippen LogP contribution is 2.30. The summed E-state index contributed by atoms with van der Waals surface area (Å²) in [5.74, 6) is -1.19. The molecule has 0 aliphatic carbocycles. The predicted octanol–water partition coefficient (Wildman–Crippen LogP) is 1.65. The molecule has 0 aromatic heterocycles. The highest BCUT2D eigenvalue weighted by Gasteiger charge is 2.18. The minimum absolute atomic E-state index is 0.0814. The number of carbonyl (C=O) groups is 2. The van der Waals surface area contributed by atoms with E-state index in [4.69, 9.17) is 0 Å². The van der Waals surface area contributed by atoms with Gasteiger partial charge < -0.3 is 9.47 Å². The van der Waals surface area contributed by atoms with Crippen LogP contribution in [0, 0.1) is 10.1 Å². The summed E-state index contributed by atoms with van der Waals surface area (Å²) < 4.78 is 8.98. The number of hydrogen-bond donors (Lipinski definition) is 0. The summed E-state index contributed by atoms with van der Waals surface area (Å²) in [5, 5.41) is 10.8. The van der Waals surface area contributed by atoms with Crippen LogP contribution in [0.4, 0.5) is 5.69 Å². The minimum atomic E-state index is -0.602. The van der Waals surface area contributed by atoms with E-state index in [2.05, 4.69) is 9.47 Å². The highest BCUT2D eigenvalue weighted by molar-refractivity contribution is 8.00. The van der Waals surface area contributed by atoms with Crippen LogP contribution in [-0.4, -0.2) is 36.8 Å². The average molecular weight is 285 g/mol. The van der Waals surface area contributed by atoms with Gasteiger partial charge in [-0.2, -0.15) is 0 Å². The molecular formula is C11H11NO6S. The van der Waals surface area contributed by atoms with Gasteiger partial charge >= 0.3 is 11.9 Å². The van der Waals surface area contributed by atoms with Crippen LogP contribution in [0.15, 0.2) is 23.1 Å². The number of carbonyl (C=O) groups excluding carboxylic acids is 2. The number of methoxy groups -OCH3 is 2. The molecule has 1 aromatic rings. The van der Waals surface area contributed by atoms with Crippen LogP contribution in [0.1, 0.15) is 10.4 Å². The molecule has 7 nitrogen and oxygen atoms in total. The standard InChI is InChI=1S/C11H11NO6S/c1-17-10(13)6-19-9-5-7(11(14)18-2)3-4-8(9)12(15)16/h3-5H,6H2,1-2H3. The Morgan fingerprint density at radius 1 is 1.32 bits per heavy atom. The molecule has 0 aliphatic heterocycles. The number of hydrogen-bond acceptors (Lipinski definition) is 7. The van der Waals surface area contributed by atoms with E-state index < -0.39 is 16.9 Å². The number of thioether (sulfide) groups is 1. The fourth-order valence-electron chi connectivity index (χ4n) is 1.22. The summed E-state index contributed by atoms with van der Waals surface area (Å²) in [6.45, 7) is 0. The molecule has 0 N–H and O–H groups in total. The number of ether oxygens (including phenoxy) is 2. The maximum Gasteiger partial charge on any atom is 0.337 e. The number of rotatable bonds is 5. The van der Waals surface area contributed by atoms with Gasteiger partial charge in [0, 0.05) is 6.07 Å². The van der Waals surface area contributed by atoms with Gasteiger partial charge in [-0.25, -0.2) is 4.79 Å². The fraction of sp³-hybridized carbons (Fsp3) is 0.273. The lowest BCUT2D eigenvalue weighted by Crippen LogP contribution is -2.05. The van der Waals surface area contributed by atoms with Crippen molar-refractivity contribution in [3.8, 4) is 0 Å². The number of esters is 2. The predicted molar refractivity (Wildman–Crippen MR) is 67.2 cm³/mol. The second kappa shape index (κ2) is 6.74. The minimum Gasteiger partial charge on any atom is -0.468 e. The molecule has 0 radical (unpaired) electrons. The van der Waals surface area contributed by atoms with Crippen molar-refractivity contribution in [2.24, 2.45) is 0 Å². The SMILES string of the molecule is COC(=O)CSc1cc(C(=O)OC)ccc1[N+](=O)[O-]. The van der Waals surface area contributed by atoms with Crippen LogP contribution >= 0.6 is 11.8 Å². The third kappa shape index (κ3) is 3.95.